The standard InChI is InChI=1S/C24H23N3O13S2/c1-36-17-13-21(38-3)18(22(14-17)39-4)9-10-41(32,33)25-15-5-7-20(37-2)23(11-15)40-42(34,35)24-8-6-16(26(28)29)12-19(24)27(30)31/h5-14,25H,1-4H3/b10-9+. The van der Waals surface area contributed by atoms with Gasteiger partial charge in [-0.15, -0.1) is 0 Å². The number of rotatable bonds is 13. The van der Waals surface area contributed by atoms with Gasteiger partial charge in [0.05, 0.1) is 61.0 Å². The first-order chi connectivity index (χ1) is 19.7. The number of benzene rings is 3. The van der Waals surface area contributed by atoms with Gasteiger partial charge in [-0.2, -0.15) is 8.42 Å². The summed E-state index contributed by atoms with van der Waals surface area (Å²) in [6.45, 7) is 0. The van der Waals surface area contributed by atoms with E-state index in [9.17, 15) is 37.1 Å². The Morgan fingerprint density at radius 1 is 0.738 bits per heavy atom. The summed E-state index contributed by atoms with van der Waals surface area (Å²) >= 11 is 0. The minimum atomic E-state index is -4.97. The lowest BCUT2D eigenvalue weighted by molar-refractivity contribution is -0.396. The number of sulfonamides is 1. The summed E-state index contributed by atoms with van der Waals surface area (Å²) in [5.41, 5.74) is -1.71. The second kappa shape index (κ2) is 12.6. The zero-order valence-electron chi connectivity index (χ0n) is 22.3. The number of ether oxygens (including phenoxy) is 4. The van der Waals surface area contributed by atoms with Crippen molar-refractivity contribution >= 4 is 43.3 Å². The maximum absolute atomic E-state index is 13.0. The van der Waals surface area contributed by atoms with Crippen molar-refractivity contribution in [3.05, 3.63) is 79.7 Å². The fourth-order valence-electron chi connectivity index (χ4n) is 3.49. The molecule has 0 aliphatic rings. The van der Waals surface area contributed by atoms with E-state index in [1.165, 1.54) is 58.8 Å². The largest absolute Gasteiger partial charge is 0.496 e. The van der Waals surface area contributed by atoms with Crippen LogP contribution in [0.15, 0.2) is 58.8 Å². The van der Waals surface area contributed by atoms with E-state index < -0.39 is 52.0 Å². The quantitative estimate of drug-likeness (QED) is 0.163. The van der Waals surface area contributed by atoms with Crippen molar-refractivity contribution in [2.45, 2.75) is 4.90 Å². The highest BCUT2D eigenvalue weighted by molar-refractivity contribution is 7.95. The molecular formula is C24H23N3O13S2. The number of nitrogens with zero attached hydrogens (tertiary/aromatic N) is 2. The summed E-state index contributed by atoms with van der Waals surface area (Å²) in [4.78, 5) is 19.4. The molecule has 0 aliphatic heterocycles. The van der Waals surface area contributed by atoms with Gasteiger partial charge >= 0.3 is 10.1 Å². The summed E-state index contributed by atoms with van der Waals surface area (Å²) in [7, 11) is -3.85. The van der Waals surface area contributed by atoms with Crippen molar-refractivity contribution in [1.82, 2.24) is 0 Å². The molecule has 0 spiro atoms. The van der Waals surface area contributed by atoms with Crippen LogP contribution in [0.2, 0.25) is 0 Å². The highest BCUT2D eigenvalue weighted by Crippen LogP contribution is 2.37. The van der Waals surface area contributed by atoms with Crippen LogP contribution in [0.1, 0.15) is 5.56 Å². The van der Waals surface area contributed by atoms with Gasteiger partial charge in [-0.05, 0) is 24.3 Å². The Balaban J connectivity index is 1.96. The normalized spacial score (nSPS) is 11.5. The van der Waals surface area contributed by atoms with Crippen molar-refractivity contribution in [2.24, 2.45) is 0 Å². The number of anilines is 1. The van der Waals surface area contributed by atoms with E-state index in [0.29, 0.717) is 17.9 Å². The fourth-order valence-corrected chi connectivity index (χ4v) is 5.41. The monoisotopic (exact) mass is 625 g/mol. The van der Waals surface area contributed by atoms with Gasteiger partial charge in [0.1, 0.15) is 17.2 Å². The topological polar surface area (TPSA) is 213 Å². The van der Waals surface area contributed by atoms with Crippen LogP contribution in [-0.2, 0) is 20.1 Å². The average molecular weight is 626 g/mol. The number of methoxy groups -OCH3 is 4. The average Bonchev–Trinajstić information content (AvgIpc) is 2.94. The predicted molar refractivity (Wildman–Crippen MR) is 148 cm³/mol. The third-order valence-corrected chi connectivity index (χ3v) is 7.71. The lowest BCUT2D eigenvalue weighted by Crippen LogP contribution is -2.14. The van der Waals surface area contributed by atoms with Crippen LogP contribution in [0.3, 0.4) is 0 Å². The van der Waals surface area contributed by atoms with Gasteiger partial charge in [0.2, 0.25) is 0 Å². The first-order valence-electron chi connectivity index (χ1n) is 11.3. The molecule has 0 fully saturated rings. The number of nitro groups is 2. The number of nitrogens with one attached hydrogen (secondary N) is 1. The van der Waals surface area contributed by atoms with Crippen LogP contribution in [0.5, 0.6) is 28.7 Å². The summed E-state index contributed by atoms with van der Waals surface area (Å²) < 4.78 is 79.7. The van der Waals surface area contributed by atoms with Crippen molar-refractivity contribution < 1.29 is 49.8 Å². The van der Waals surface area contributed by atoms with Crippen LogP contribution in [0, 0.1) is 20.2 Å². The van der Waals surface area contributed by atoms with Gasteiger partial charge in [-0.1, -0.05) is 0 Å². The molecule has 42 heavy (non-hydrogen) atoms. The number of nitro benzene ring substituents is 2. The van der Waals surface area contributed by atoms with Crippen molar-refractivity contribution in [2.75, 3.05) is 33.2 Å². The second-order valence-electron chi connectivity index (χ2n) is 7.96. The van der Waals surface area contributed by atoms with Crippen molar-refractivity contribution in [1.29, 1.82) is 0 Å². The molecule has 224 valence electrons. The number of hydrogen-bond acceptors (Lipinski definition) is 13. The SMILES string of the molecule is COc1cc(OC)c(/C=C/S(=O)(=O)Nc2ccc(OC)c(OS(=O)(=O)c3ccc([N+](=O)[O-])cc3[N+](=O)[O-])c2)c(OC)c1. The Bertz CT molecular complexity index is 1750. The molecule has 0 radical (unpaired) electrons. The van der Waals surface area contributed by atoms with Gasteiger partial charge in [-0.3, -0.25) is 25.0 Å². The molecule has 0 saturated heterocycles. The maximum Gasteiger partial charge on any atom is 0.346 e. The molecule has 0 aromatic heterocycles. The molecule has 0 atom stereocenters. The van der Waals surface area contributed by atoms with E-state index in [1.54, 1.807) is 0 Å². The van der Waals surface area contributed by atoms with Crippen LogP contribution in [0.4, 0.5) is 17.1 Å². The first-order valence-corrected chi connectivity index (χ1v) is 14.3. The molecule has 0 bridgehead atoms. The van der Waals surface area contributed by atoms with Crippen LogP contribution in [-0.4, -0.2) is 55.1 Å². The Morgan fingerprint density at radius 2 is 1.36 bits per heavy atom. The summed E-state index contributed by atoms with van der Waals surface area (Å²) in [5, 5.41) is 23.2. The summed E-state index contributed by atoms with van der Waals surface area (Å²) in [6.07, 6.45) is 1.21. The van der Waals surface area contributed by atoms with E-state index >= 15 is 0 Å². The van der Waals surface area contributed by atoms with E-state index in [4.69, 9.17) is 23.1 Å². The lowest BCUT2D eigenvalue weighted by atomic mass is 10.1. The van der Waals surface area contributed by atoms with E-state index in [1.807, 2.05) is 0 Å². The highest BCUT2D eigenvalue weighted by Gasteiger charge is 2.31. The smallest absolute Gasteiger partial charge is 0.346 e. The fraction of sp³-hybridized carbons (Fsp3) is 0.167. The highest BCUT2D eigenvalue weighted by atomic mass is 32.2. The first kappa shape index (κ1) is 31.4. The molecule has 3 rings (SSSR count). The third-order valence-electron chi connectivity index (χ3n) is 5.41. The van der Waals surface area contributed by atoms with Gasteiger partial charge in [0.15, 0.2) is 16.4 Å². The molecule has 0 amide bonds. The molecule has 0 heterocycles. The molecule has 16 nitrogen and oxygen atoms in total. The van der Waals surface area contributed by atoms with Gasteiger partial charge in [0.25, 0.3) is 21.4 Å². The van der Waals surface area contributed by atoms with Crippen LogP contribution in [0.25, 0.3) is 6.08 Å². The Kier molecular flexibility index (Phi) is 9.43. The molecule has 1 N–H and O–H groups in total. The maximum atomic E-state index is 13.0. The molecule has 0 aliphatic carbocycles. The summed E-state index contributed by atoms with van der Waals surface area (Å²) in [5.74, 6) is 0.204. The lowest BCUT2D eigenvalue weighted by Gasteiger charge is -2.13. The molecular weight excluding hydrogens is 602 g/mol. The predicted octanol–water partition coefficient (Wildman–Crippen LogP) is 3.72. The van der Waals surface area contributed by atoms with Crippen LogP contribution >= 0.6 is 0 Å². The van der Waals surface area contributed by atoms with Crippen molar-refractivity contribution in [3.8, 4) is 28.7 Å². The van der Waals surface area contributed by atoms with Gasteiger partial charge in [-0.25, -0.2) is 8.42 Å². The molecule has 0 saturated carbocycles. The minimum absolute atomic E-state index is 0.169. The zero-order chi connectivity index (χ0) is 31.2. The van der Waals surface area contributed by atoms with Gasteiger partial charge < -0.3 is 23.1 Å². The molecule has 0 unspecified atom stereocenters. The van der Waals surface area contributed by atoms with E-state index in [2.05, 4.69) is 4.72 Å². The van der Waals surface area contributed by atoms with Crippen LogP contribution < -0.4 is 27.9 Å². The zero-order valence-corrected chi connectivity index (χ0v) is 23.9. The summed E-state index contributed by atoms with van der Waals surface area (Å²) in [6, 6.07) is 8.31. The third kappa shape index (κ3) is 7.15. The Labute approximate surface area is 239 Å². The van der Waals surface area contributed by atoms with Crippen molar-refractivity contribution in [3.63, 3.8) is 0 Å². The molecule has 3 aromatic carbocycles. The Hall–Kier alpha value is -5.10. The van der Waals surface area contributed by atoms with Gasteiger partial charge in [0, 0.05) is 24.3 Å². The van der Waals surface area contributed by atoms with E-state index in [-0.39, 0.29) is 28.5 Å². The second-order valence-corrected chi connectivity index (χ2v) is 11.0. The molecule has 18 heteroatoms. The van der Waals surface area contributed by atoms with E-state index in [0.717, 1.165) is 17.5 Å². The Morgan fingerprint density at radius 3 is 1.88 bits per heavy atom. The number of non-ortho nitro benzene ring substituents is 1. The molecule has 3 aromatic rings. The minimum Gasteiger partial charge on any atom is -0.496 e. The number of hydrogen-bond donors (Lipinski definition) is 1.